The van der Waals surface area contributed by atoms with Crippen LogP contribution in [0.4, 0.5) is 11.5 Å². The van der Waals surface area contributed by atoms with E-state index >= 15 is 0 Å². The number of carboxylic acid groups (broad SMARTS) is 1. The molecule has 2 N–H and O–H groups in total. The molecule has 2 heterocycles. The summed E-state index contributed by atoms with van der Waals surface area (Å²) in [5.74, 6) is -0.902. The van der Waals surface area contributed by atoms with Crippen LogP contribution in [0.2, 0.25) is 0 Å². The third-order valence-electron chi connectivity index (χ3n) is 3.87. The Hall–Kier alpha value is -2.41. The minimum atomic E-state index is -1.05. The van der Waals surface area contributed by atoms with Crippen LogP contribution >= 0.6 is 15.9 Å². The molecule has 1 saturated heterocycles. The summed E-state index contributed by atoms with van der Waals surface area (Å²) in [7, 11) is 0. The first kappa shape index (κ1) is 16.4. The molecule has 0 radical (unpaired) electrons. The van der Waals surface area contributed by atoms with Crippen LogP contribution in [0.3, 0.4) is 0 Å². The van der Waals surface area contributed by atoms with Gasteiger partial charge >= 0.3 is 5.97 Å². The van der Waals surface area contributed by atoms with Gasteiger partial charge in [-0.15, -0.1) is 0 Å². The zero-order valence-corrected chi connectivity index (χ0v) is 14.4. The second-order valence-corrected chi connectivity index (χ2v) is 6.47. The fourth-order valence-electron chi connectivity index (χ4n) is 2.67. The Morgan fingerprint density at radius 1 is 1.17 bits per heavy atom. The number of nitrogens with one attached hydrogen (secondary N) is 1. The number of hydrogen-bond acceptors (Lipinski definition) is 4. The summed E-state index contributed by atoms with van der Waals surface area (Å²) in [4.78, 5) is 30.0. The third-order valence-corrected chi connectivity index (χ3v) is 4.40. The topological polar surface area (TPSA) is 82.5 Å². The maximum absolute atomic E-state index is 12.2. The number of aromatic carboxylic acids is 1. The lowest BCUT2D eigenvalue weighted by Gasteiger charge is -2.19. The molecule has 3 rings (SSSR count). The van der Waals surface area contributed by atoms with Crippen molar-refractivity contribution in [3.8, 4) is 0 Å². The standard InChI is InChI=1S/C17H16BrN3O3/c18-12-5-3-11(4-6-12)16(22)20-13-9-14(17(23)24)15(19-10-13)21-7-1-2-8-21/h3-6,9-10H,1-2,7-8H2,(H,20,22)(H,23,24). The highest BCUT2D eigenvalue weighted by atomic mass is 79.9. The molecule has 0 unspecified atom stereocenters. The number of carbonyl (C=O) groups excluding carboxylic acids is 1. The van der Waals surface area contributed by atoms with Crippen molar-refractivity contribution < 1.29 is 14.7 Å². The van der Waals surface area contributed by atoms with Gasteiger partial charge in [0, 0.05) is 23.1 Å². The number of pyridine rings is 1. The van der Waals surface area contributed by atoms with Crippen molar-refractivity contribution in [3.05, 3.63) is 52.1 Å². The first-order valence-corrected chi connectivity index (χ1v) is 8.39. The maximum atomic E-state index is 12.2. The van der Waals surface area contributed by atoms with Crippen molar-refractivity contribution in [2.75, 3.05) is 23.3 Å². The number of nitrogens with zero attached hydrogens (tertiary/aromatic N) is 2. The van der Waals surface area contributed by atoms with Gasteiger partial charge in [0.1, 0.15) is 11.4 Å². The van der Waals surface area contributed by atoms with E-state index in [9.17, 15) is 14.7 Å². The monoisotopic (exact) mass is 389 g/mol. The van der Waals surface area contributed by atoms with Gasteiger partial charge in [0.05, 0.1) is 11.9 Å². The quantitative estimate of drug-likeness (QED) is 0.836. The van der Waals surface area contributed by atoms with Gasteiger partial charge in [0.15, 0.2) is 0 Å². The Morgan fingerprint density at radius 3 is 2.46 bits per heavy atom. The molecule has 24 heavy (non-hydrogen) atoms. The van der Waals surface area contributed by atoms with Gasteiger partial charge in [-0.3, -0.25) is 4.79 Å². The first-order chi connectivity index (χ1) is 11.5. The molecule has 0 atom stereocenters. The van der Waals surface area contributed by atoms with Crippen LogP contribution in [0.5, 0.6) is 0 Å². The van der Waals surface area contributed by atoms with E-state index in [1.807, 2.05) is 4.90 Å². The van der Waals surface area contributed by atoms with Crippen molar-refractivity contribution in [1.29, 1.82) is 0 Å². The van der Waals surface area contributed by atoms with Gasteiger partial charge in [0.25, 0.3) is 5.91 Å². The molecular weight excluding hydrogens is 374 g/mol. The highest BCUT2D eigenvalue weighted by molar-refractivity contribution is 9.10. The van der Waals surface area contributed by atoms with Crippen LogP contribution in [0.15, 0.2) is 41.0 Å². The lowest BCUT2D eigenvalue weighted by Crippen LogP contribution is -2.22. The molecule has 0 spiro atoms. The number of halogens is 1. The number of hydrogen-bond donors (Lipinski definition) is 2. The predicted molar refractivity (Wildman–Crippen MR) is 94.7 cm³/mol. The summed E-state index contributed by atoms with van der Waals surface area (Å²) >= 11 is 3.32. The number of amides is 1. The highest BCUT2D eigenvalue weighted by Gasteiger charge is 2.21. The minimum absolute atomic E-state index is 0.102. The SMILES string of the molecule is O=C(Nc1cnc(N2CCCC2)c(C(=O)O)c1)c1ccc(Br)cc1. The number of anilines is 2. The smallest absolute Gasteiger partial charge is 0.339 e. The van der Waals surface area contributed by atoms with Crippen LogP contribution in [0.25, 0.3) is 0 Å². The molecule has 1 aromatic heterocycles. The van der Waals surface area contributed by atoms with Gasteiger partial charge in [0.2, 0.25) is 0 Å². The average molecular weight is 390 g/mol. The van der Waals surface area contributed by atoms with Gasteiger partial charge in [-0.2, -0.15) is 0 Å². The van der Waals surface area contributed by atoms with Crippen molar-refractivity contribution in [2.24, 2.45) is 0 Å². The Bertz CT molecular complexity index is 771. The van der Waals surface area contributed by atoms with Gasteiger partial charge in [-0.1, -0.05) is 15.9 Å². The summed E-state index contributed by atoms with van der Waals surface area (Å²) < 4.78 is 0.879. The highest BCUT2D eigenvalue weighted by Crippen LogP contribution is 2.25. The van der Waals surface area contributed by atoms with Crippen LogP contribution < -0.4 is 10.2 Å². The third kappa shape index (κ3) is 3.56. The molecule has 7 heteroatoms. The van der Waals surface area contributed by atoms with E-state index in [0.29, 0.717) is 17.1 Å². The fourth-order valence-corrected chi connectivity index (χ4v) is 2.93. The lowest BCUT2D eigenvalue weighted by atomic mass is 10.2. The Morgan fingerprint density at radius 2 is 1.83 bits per heavy atom. The molecule has 1 aromatic carbocycles. The lowest BCUT2D eigenvalue weighted by molar-refractivity contribution is 0.0697. The Kier molecular flexibility index (Phi) is 4.80. The number of benzene rings is 1. The van der Waals surface area contributed by atoms with E-state index in [2.05, 4.69) is 26.2 Å². The second-order valence-electron chi connectivity index (χ2n) is 5.56. The molecule has 0 saturated carbocycles. The first-order valence-electron chi connectivity index (χ1n) is 7.60. The second kappa shape index (κ2) is 7.00. The molecule has 124 valence electrons. The van der Waals surface area contributed by atoms with Crippen molar-refractivity contribution in [3.63, 3.8) is 0 Å². The normalized spacial score (nSPS) is 13.8. The van der Waals surface area contributed by atoms with E-state index < -0.39 is 5.97 Å². The Balaban J connectivity index is 1.83. The molecule has 1 amide bonds. The van der Waals surface area contributed by atoms with Crippen molar-refractivity contribution in [2.45, 2.75) is 12.8 Å². The molecule has 1 aliphatic rings. The number of carboxylic acids is 1. The molecular formula is C17H16BrN3O3. The summed E-state index contributed by atoms with van der Waals surface area (Å²) in [5, 5.41) is 12.1. The molecule has 1 aliphatic heterocycles. The molecule has 1 fully saturated rings. The summed E-state index contributed by atoms with van der Waals surface area (Å²) in [6.07, 6.45) is 3.56. The summed E-state index contributed by atoms with van der Waals surface area (Å²) in [6.45, 7) is 1.61. The Labute approximate surface area is 147 Å². The largest absolute Gasteiger partial charge is 0.478 e. The van der Waals surface area contributed by atoms with Crippen molar-refractivity contribution >= 4 is 39.3 Å². The zero-order chi connectivity index (χ0) is 17.1. The van der Waals surface area contributed by atoms with Gasteiger partial charge < -0.3 is 15.3 Å². The zero-order valence-electron chi connectivity index (χ0n) is 12.8. The summed E-state index contributed by atoms with van der Waals surface area (Å²) in [5.41, 5.74) is 0.951. The van der Waals surface area contributed by atoms with E-state index in [1.165, 1.54) is 12.3 Å². The van der Waals surface area contributed by atoms with E-state index in [4.69, 9.17) is 0 Å². The number of rotatable bonds is 4. The predicted octanol–water partition coefficient (Wildman–Crippen LogP) is 3.39. The van der Waals surface area contributed by atoms with Gasteiger partial charge in [-0.25, -0.2) is 9.78 Å². The van der Waals surface area contributed by atoms with Crippen LogP contribution in [0.1, 0.15) is 33.6 Å². The van der Waals surface area contributed by atoms with Gasteiger partial charge in [-0.05, 0) is 43.2 Å². The number of carbonyl (C=O) groups is 2. The molecule has 0 bridgehead atoms. The average Bonchev–Trinajstić information content (AvgIpc) is 3.09. The molecule has 2 aromatic rings. The minimum Gasteiger partial charge on any atom is -0.478 e. The molecule has 6 nitrogen and oxygen atoms in total. The number of aromatic nitrogens is 1. The summed E-state index contributed by atoms with van der Waals surface area (Å²) in [6, 6.07) is 8.37. The van der Waals surface area contributed by atoms with E-state index in [-0.39, 0.29) is 11.5 Å². The van der Waals surface area contributed by atoms with Crippen molar-refractivity contribution in [1.82, 2.24) is 4.98 Å². The van der Waals surface area contributed by atoms with Crippen LogP contribution in [-0.2, 0) is 0 Å². The van der Waals surface area contributed by atoms with Crippen LogP contribution in [-0.4, -0.2) is 35.1 Å². The van der Waals surface area contributed by atoms with E-state index in [0.717, 1.165) is 30.4 Å². The van der Waals surface area contributed by atoms with E-state index in [1.54, 1.807) is 24.3 Å². The van der Waals surface area contributed by atoms with Crippen LogP contribution in [0, 0.1) is 0 Å². The maximum Gasteiger partial charge on any atom is 0.339 e. The fraction of sp³-hybridized carbons (Fsp3) is 0.235. The molecule has 0 aliphatic carbocycles.